The third-order valence-corrected chi connectivity index (χ3v) is 8.23. The molecule has 0 N–H and O–H groups in total. The number of hydrogen-bond donors (Lipinski definition) is 0. The minimum absolute atomic E-state index is 0.635. The van der Waals surface area contributed by atoms with E-state index in [9.17, 15) is 5.26 Å². The molecule has 198 valence electrons. The molecule has 7 rings (SSSR count). The van der Waals surface area contributed by atoms with Crippen LogP contribution in [0.15, 0.2) is 84.9 Å². The Balaban J connectivity index is 1.35. The van der Waals surface area contributed by atoms with Crippen LogP contribution in [0.1, 0.15) is 47.2 Å². The molecule has 4 nitrogen and oxygen atoms in total. The van der Waals surface area contributed by atoms with Crippen LogP contribution in [-0.4, -0.2) is 22.6 Å². The summed E-state index contributed by atoms with van der Waals surface area (Å²) in [6.07, 6.45) is 3.57. The lowest BCUT2D eigenvalue weighted by molar-refractivity contribution is 0.574. The van der Waals surface area contributed by atoms with Gasteiger partial charge in [0.2, 0.25) is 0 Å². The molecule has 0 aliphatic carbocycles. The summed E-state index contributed by atoms with van der Waals surface area (Å²) in [5.74, 6) is 7.78. The van der Waals surface area contributed by atoms with E-state index in [-0.39, 0.29) is 0 Å². The molecule has 41 heavy (non-hydrogen) atoms. The number of piperidine rings is 1. The van der Waals surface area contributed by atoms with E-state index in [1.54, 1.807) is 0 Å². The second-order valence-corrected chi connectivity index (χ2v) is 11.0. The minimum Gasteiger partial charge on any atom is -0.356 e. The number of fused-ring (bicyclic) bond motifs is 4. The molecule has 0 atom stereocenters. The monoisotopic (exact) mass is 530 g/mol. The number of nitriles is 1. The lowest BCUT2D eigenvalue weighted by atomic mass is 9.94. The highest BCUT2D eigenvalue weighted by molar-refractivity contribution is 6.09. The van der Waals surface area contributed by atoms with Crippen LogP contribution in [0.3, 0.4) is 0 Å². The van der Waals surface area contributed by atoms with Gasteiger partial charge in [-0.05, 0) is 92.6 Å². The number of aromatic nitrogens is 2. The number of rotatable bonds is 2. The van der Waals surface area contributed by atoms with Crippen LogP contribution in [-0.2, 0) is 0 Å². The molecule has 0 radical (unpaired) electrons. The lowest BCUT2D eigenvalue weighted by Crippen LogP contribution is -2.30. The topological polar surface area (TPSA) is 44.9 Å². The smallest absolute Gasteiger partial charge is 0.138 e. The Morgan fingerprint density at radius 3 is 2.05 bits per heavy atom. The molecule has 4 heteroatoms. The van der Waals surface area contributed by atoms with Crippen LogP contribution in [0.2, 0.25) is 0 Å². The van der Waals surface area contributed by atoms with Crippen LogP contribution in [0.5, 0.6) is 0 Å². The van der Waals surface area contributed by atoms with Crippen molar-refractivity contribution in [2.24, 2.45) is 0 Å². The van der Waals surface area contributed by atoms with Crippen LogP contribution < -0.4 is 4.90 Å². The van der Waals surface area contributed by atoms with Crippen molar-refractivity contribution in [3.63, 3.8) is 0 Å². The van der Waals surface area contributed by atoms with Crippen molar-refractivity contribution in [3.05, 3.63) is 113 Å². The predicted molar refractivity (Wildman–Crippen MR) is 169 cm³/mol. The standard InChI is InChI=1S/C37H30N4/c1-25-22-28-23-26(2)39-37(40-20-8-3-9-21-40)36(28)32(33(25)24-38)19-16-27-14-17-29(18-15-27)41-34-12-6-4-10-30(34)31-11-5-7-13-35(31)41/h4-7,10-15,17-18,22-23H,3,8-9,20-21H2,1-2H3. The van der Waals surface area contributed by atoms with Gasteiger partial charge in [0.05, 0.1) is 22.2 Å². The molecule has 0 bridgehead atoms. The second-order valence-electron chi connectivity index (χ2n) is 11.0. The summed E-state index contributed by atoms with van der Waals surface area (Å²) in [7, 11) is 0. The van der Waals surface area contributed by atoms with Gasteiger partial charge in [0, 0.05) is 46.2 Å². The number of para-hydroxylation sites is 2. The van der Waals surface area contributed by atoms with Gasteiger partial charge in [0.15, 0.2) is 0 Å². The van der Waals surface area contributed by atoms with Gasteiger partial charge < -0.3 is 9.47 Å². The predicted octanol–water partition coefficient (Wildman–Crippen LogP) is 8.21. The number of benzene rings is 4. The average Bonchev–Trinajstić information content (AvgIpc) is 3.34. The SMILES string of the molecule is Cc1cc2cc(C)c(C#N)c(C#Cc3ccc(-n4c5ccccc5c5ccccc54)cc3)c2c(N2CCCCC2)n1. The summed E-state index contributed by atoms with van der Waals surface area (Å²) in [6, 6.07) is 32.2. The Morgan fingerprint density at radius 1 is 0.732 bits per heavy atom. The highest BCUT2D eigenvalue weighted by atomic mass is 15.2. The molecule has 6 aromatic rings. The Morgan fingerprint density at radius 2 is 1.39 bits per heavy atom. The van der Waals surface area contributed by atoms with Gasteiger partial charge in [-0.2, -0.15) is 5.26 Å². The first kappa shape index (κ1) is 24.9. The number of aryl methyl sites for hydroxylation is 2. The molecule has 0 spiro atoms. The molecule has 1 fully saturated rings. The minimum atomic E-state index is 0.635. The van der Waals surface area contributed by atoms with Crippen molar-refractivity contribution in [1.29, 1.82) is 5.26 Å². The zero-order valence-corrected chi connectivity index (χ0v) is 23.4. The van der Waals surface area contributed by atoms with Crippen molar-refractivity contribution in [3.8, 4) is 23.6 Å². The van der Waals surface area contributed by atoms with Crippen molar-refractivity contribution in [2.45, 2.75) is 33.1 Å². The summed E-state index contributed by atoms with van der Waals surface area (Å²) in [5.41, 5.74) is 7.73. The van der Waals surface area contributed by atoms with E-state index in [1.807, 2.05) is 13.8 Å². The van der Waals surface area contributed by atoms with Crippen LogP contribution in [0.25, 0.3) is 38.3 Å². The fourth-order valence-electron chi connectivity index (χ4n) is 6.31. The quantitative estimate of drug-likeness (QED) is 0.212. The molecule has 0 amide bonds. The van der Waals surface area contributed by atoms with Gasteiger partial charge >= 0.3 is 0 Å². The van der Waals surface area contributed by atoms with Crippen molar-refractivity contribution in [2.75, 3.05) is 18.0 Å². The molecular weight excluding hydrogens is 500 g/mol. The van der Waals surface area contributed by atoms with E-state index in [4.69, 9.17) is 4.98 Å². The third kappa shape index (κ3) is 4.30. The first-order valence-corrected chi connectivity index (χ1v) is 14.3. The van der Waals surface area contributed by atoms with Crippen LogP contribution in [0, 0.1) is 37.0 Å². The Kier molecular flexibility index (Phi) is 6.18. The highest BCUT2D eigenvalue weighted by Crippen LogP contribution is 2.34. The average molecular weight is 531 g/mol. The van der Waals surface area contributed by atoms with Crippen molar-refractivity contribution < 1.29 is 0 Å². The van der Waals surface area contributed by atoms with Gasteiger partial charge in [-0.3, -0.25) is 0 Å². The summed E-state index contributed by atoms with van der Waals surface area (Å²) in [4.78, 5) is 7.36. The van der Waals surface area contributed by atoms with Crippen LogP contribution >= 0.6 is 0 Å². The molecular formula is C37H30N4. The van der Waals surface area contributed by atoms with E-state index >= 15 is 0 Å². The number of nitrogens with zero attached hydrogens (tertiary/aromatic N) is 4. The Labute approximate surface area is 240 Å². The molecule has 3 heterocycles. The summed E-state index contributed by atoms with van der Waals surface area (Å²) >= 11 is 0. The van der Waals surface area contributed by atoms with Gasteiger partial charge in [0.25, 0.3) is 0 Å². The zero-order valence-electron chi connectivity index (χ0n) is 23.4. The van der Waals surface area contributed by atoms with Crippen molar-refractivity contribution >= 4 is 38.4 Å². The highest BCUT2D eigenvalue weighted by Gasteiger charge is 2.20. The largest absolute Gasteiger partial charge is 0.356 e. The first-order chi connectivity index (χ1) is 20.1. The number of anilines is 1. The first-order valence-electron chi connectivity index (χ1n) is 14.3. The Hall–Kier alpha value is -5.06. The van der Waals surface area contributed by atoms with E-state index < -0.39 is 0 Å². The molecule has 1 saturated heterocycles. The van der Waals surface area contributed by atoms with E-state index in [1.165, 1.54) is 28.2 Å². The van der Waals surface area contributed by atoms with Gasteiger partial charge in [-0.15, -0.1) is 0 Å². The normalized spacial score (nSPS) is 13.3. The molecule has 1 aliphatic rings. The van der Waals surface area contributed by atoms with Crippen LogP contribution in [0.4, 0.5) is 5.82 Å². The fourth-order valence-corrected chi connectivity index (χ4v) is 6.31. The summed E-state index contributed by atoms with van der Waals surface area (Å²) < 4.78 is 2.31. The molecule has 2 aromatic heterocycles. The van der Waals surface area contributed by atoms with Crippen molar-refractivity contribution in [1.82, 2.24) is 9.55 Å². The maximum Gasteiger partial charge on any atom is 0.138 e. The molecule has 4 aromatic carbocycles. The fraction of sp³-hybridized carbons (Fsp3) is 0.189. The Bertz CT molecular complexity index is 2000. The van der Waals surface area contributed by atoms with E-state index in [0.29, 0.717) is 5.56 Å². The van der Waals surface area contributed by atoms with Gasteiger partial charge in [0.1, 0.15) is 11.9 Å². The van der Waals surface area contributed by atoms with E-state index in [2.05, 4.69) is 112 Å². The summed E-state index contributed by atoms with van der Waals surface area (Å²) in [5, 5.41) is 14.8. The van der Waals surface area contributed by atoms with E-state index in [0.717, 1.165) is 70.6 Å². The van der Waals surface area contributed by atoms with Gasteiger partial charge in [-0.1, -0.05) is 48.2 Å². The van der Waals surface area contributed by atoms with Gasteiger partial charge in [-0.25, -0.2) is 4.98 Å². The molecule has 0 saturated carbocycles. The third-order valence-electron chi connectivity index (χ3n) is 8.23. The molecule has 1 aliphatic heterocycles. The zero-order chi connectivity index (χ0) is 27.9. The maximum atomic E-state index is 10.2. The maximum absolute atomic E-state index is 10.2. The molecule has 0 unspecified atom stereocenters. The number of pyridine rings is 1. The lowest BCUT2D eigenvalue weighted by Gasteiger charge is -2.29. The summed E-state index contributed by atoms with van der Waals surface area (Å²) in [6.45, 7) is 6.02. The second kappa shape index (κ2) is 10.2. The number of hydrogen-bond acceptors (Lipinski definition) is 3.